The van der Waals surface area contributed by atoms with E-state index in [2.05, 4.69) is 5.32 Å². The molecule has 0 fully saturated rings. The van der Waals surface area contributed by atoms with E-state index in [1.807, 2.05) is 36.4 Å². The van der Waals surface area contributed by atoms with E-state index in [-0.39, 0.29) is 11.7 Å². The van der Waals surface area contributed by atoms with Crippen molar-refractivity contribution in [3.8, 4) is 11.1 Å². The van der Waals surface area contributed by atoms with Gasteiger partial charge in [0, 0.05) is 21.7 Å². The molecule has 0 spiro atoms. The van der Waals surface area contributed by atoms with Crippen LogP contribution in [-0.2, 0) is 0 Å². The van der Waals surface area contributed by atoms with E-state index in [0.717, 1.165) is 28.0 Å². The Morgan fingerprint density at radius 2 is 1.60 bits per heavy atom. The Balaban J connectivity index is 1.73. The number of carbonyl (C=O) groups excluding carboxylic acids is 2. The molecule has 1 amide bonds. The molecular weight excluding hydrogens is 332 g/mol. The number of nitrogens with two attached hydrogens (primary N) is 1. The number of rotatable bonds is 3. The van der Waals surface area contributed by atoms with E-state index >= 15 is 0 Å². The molecule has 1 aliphatic carbocycles. The van der Waals surface area contributed by atoms with Gasteiger partial charge in [0.2, 0.25) is 0 Å². The molecule has 0 bridgehead atoms. The van der Waals surface area contributed by atoms with Gasteiger partial charge in [-0.2, -0.15) is 0 Å². The predicted octanol–water partition coefficient (Wildman–Crippen LogP) is 4.12. The number of anilines is 1. The third-order valence-corrected chi connectivity index (χ3v) is 4.75. The summed E-state index contributed by atoms with van der Waals surface area (Å²) in [5, 5.41) is 8.41. The van der Waals surface area contributed by atoms with E-state index in [1.54, 1.807) is 30.3 Å². The number of carbonyl (C=O) groups is 2. The highest BCUT2D eigenvalue weighted by atomic mass is 32.2. The molecule has 0 aliphatic heterocycles. The predicted molar refractivity (Wildman–Crippen MR) is 99.8 cm³/mol. The highest BCUT2D eigenvalue weighted by Crippen LogP contribution is 2.38. The van der Waals surface area contributed by atoms with Crippen LogP contribution >= 0.6 is 11.9 Å². The molecule has 0 heterocycles. The minimum absolute atomic E-state index is 0.109. The van der Waals surface area contributed by atoms with Crippen molar-refractivity contribution in [3.63, 3.8) is 0 Å². The van der Waals surface area contributed by atoms with Crippen molar-refractivity contribution in [1.29, 1.82) is 0 Å². The van der Waals surface area contributed by atoms with Crippen LogP contribution in [0.4, 0.5) is 5.69 Å². The molecule has 0 radical (unpaired) electrons. The second-order valence-corrected chi connectivity index (χ2v) is 6.41. The number of nitrogens with one attached hydrogen (secondary N) is 1. The fourth-order valence-corrected chi connectivity index (χ4v) is 3.46. The van der Waals surface area contributed by atoms with Gasteiger partial charge in [0.15, 0.2) is 5.78 Å². The Bertz CT molecular complexity index is 1010. The first-order chi connectivity index (χ1) is 12.2. The Kier molecular flexibility index (Phi) is 3.87. The number of benzene rings is 3. The van der Waals surface area contributed by atoms with Crippen LogP contribution in [0.5, 0.6) is 0 Å². The van der Waals surface area contributed by atoms with Crippen LogP contribution < -0.4 is 10.5 Å². The number of ketones is 1. The fraction of sp³-hybridized carbons (Fsp3) is 0. The summed E-state index contributed by atoms with van der Waals surface area (Å²) in [6.07, 6.45) is 0. The van der Waals surface area contributed by atoms with Crippen molar-refractivity contribution in [3.05, 3.63) is 83.4 Å². The van der Waals surface area contributed by atoms with Gasteiger partial charge in [0.1, 0.15) is 0 Å². The van der Waals surface area contributed by atoms with Gasteiger partial charge in [-0.15, -0.1) is 0 Å². The van der Waals surface area contributed by atoms with Crippen molar-refractivity contribution in [1.82, 2.24) is 0 Å². The van der Waals surface area contributed by atoms with Crippen LogP contribution in [0, 0.1) is 0 Å². The molecule has 0 aromatic heterocycles. The zero-order valence-electron chi connectivity index (χ0n) is 13.2. The molecule has 122 valence electrons. The molecule has 0 saturated carbocycles. The summed E-state index contributed by atoms with van der Waals surface area (Å²) in [5.74, 6) is -0.417. The summed E-state index contributed by atoms with van der Waals surface area (Å²) in [6, 6.07) is 20.0. The van der Waals surface area contributed by atoms with E-state index < -0.39 is 0 Å². The van der Waals surface area contributed by atoms with Gasteiger partial charge in [-0.05, 0) is 47.3 Å². The first kappa shape index (κ1) is 15.6. The van der Waals surface area contributed by atoms with Gasteiger partial charge >= 0.3 is 0 Å². The van der Waals surface area contributed by atoms with Gasteiger partial charge in [0.25, 0.3) is 5.91 Å². The largest absolute Gasteiger partial charge is 0.322 e. The summed E-state index contributed by atoms with van der Waals surface area (Å²) < 4.78 is 0. The Hall–Kier alpha value is -2.89. The molecule has 0 atom stereocenters. The Morgan fingerprint density at radius 1 is 0.880 bits per heavy atom. The lowest BCUT2D eigenvalue weighted by Crippen LogP contribution is -2.15. The lowest BCUT2D eigenvalue weighted by atomic mass is 10.0. The van der Waals surface area contributed by atoms with E-state index in [4.69, 9.17) is 5.14 Å². The quantitative estimate of drug-likeness (QED) is 0.548. The third kappa shape index (κ3) is 2.63. The van der Waals surface area contributed by atoms with Crippen LogP contribution in [0.25, 0.3) is 11.1 Å². The highest BCUT2D eigenvalue weighted by molar-refractivity contribution is 7.97. The fourth-order valence-electron chi connectivity index (χ4n) is 3.11. The number of amides is 1. The average molecular weight is 346 g/mol. The van der Waals surface area contributed by atoms with Crippen LogP contribution in [0.3, 0.4) is 0 Å². The lowest BCUT2D eigenvalue weighted by Gasteiger charge is -2.09. The van der Waals surface area contributed by atoms with Crippen molar-refractivity contribution in [2.24, 2.45) is 5.14 Å². The van der Waals surface area contributed by atoms with Crippen LogP contribution in [0.15, 0.2) is 71.6 Å². The first-order valence-corrected chi connectivity index (χ1v) is 8.62. The van der Waals surface area contributed by atoms with Gasteiger partial charge in [-0.3, -0.25) is 14.7 Å². The van der Waals surface area contributed by atoms with Crippen LogP contribution in [0.1, 0.15) is 26.3 Å². The molecule has 3 aromatic carbocycles. The first-order valence-electron chi connectivity index (χ1n) is 7.74. The van der Waals surface area contributed by atoms with Gasteiger partial charge in [0.05, 0.1) is 5.56 Å². The maximum atomic E-state index is 12.8. The minimum atomic E-state index is -0.308. The SMILES string of the molecule is NSc1cccc(NC(=O)c2cccc3c2C(=O)c2ccccc2-3)c1. The van der Waals surface area contributed by atoms with E-state index in [0.29, 0.717) is 22.4 Å². The third-order valence-electron chi connectivity index (χ3n) is 4.23. The average Bonchev–Trinajstić information content (AvgIpc) is 2.95. The van der Waals surface area contributed by atoms with Gasteiger partial charge < -0.3 is 5.32 Å². The minimum Gasteiger partial charge on any atom is -0.322 e. The zero-order valence-corrected chi connectivity index (χ0v) is 14.0. The van der Waals surface area contributed by atoms with E-state index in [1.165, 1.54) is 0 Å². The van der Waals surface area contributed by atoms with Gasteiger partial charge in [-0.1, -0.05) is 42.5 Å². The van der Waals surface area contributed by atoms with Crippen molar-refractivity contribution in [2.45, 2.75) is 4.90 Å². The standard InChI is InChI=1S/C20H14N2O2S/c21-25-13-6-3-5-12(11-13)22-20(24)17-10-4-9-15-14-7-1-2-8-16(14)19(23)18(15)17/h1-11H,21H2,(H,22,24). The maximum Gasteiger partial charge on any atom is 0.256 e. The highest BCUT2D eigenvalue weighted by Gasteiger charge is 2.30. The van der Waals surface area contributed by atoms with Gasteiger partial charge in [-0.25, -0.2) is 0 Å². The lowest BCUT2D eigenvalue weighted by molar-refractivity contribution is 0.0998. The molecule has 0 unspecified atom stereocenters. The summed E-state index contributed by atoms with van der Waals surface area (Å²) >= 11 is 1.11. The smallest absolute Gasteiger partial charge is 0.256 e. The number of hydrogen-bond donors (Lipinski definition) is 2. The maximum absolute atomic E-state index is 12.8. The number of fused-ring (bicyclic) bond motifs is 3. The molecule has 0 saturated heterocycles. The molecule has 4 rings (SSSR count). The summed E-state index contributed by atoms with van der Waals surface area (Å²) in [5.41, 5.74) is 3.80. The summed E-state index contributed by atoms with van der Waals surface area (Å²) in [6.45, 7) is 0. The molecule has 3 N–H and O–H groups in total. The van der Waals surface area contributed by atoms with Crippen molar-refractivity contribution in [2.75, 3.05) is 5.32 Å². The molecule has 25 heavy (non-hydrogen) atoms. The molecule has 5 heteroatoms. The van der Waals surface area contributed by atoms with Crippen molar-refractivity contribution >= 4 is 29.3 Å². The summed E-state index contributed by atoms with van der Waals surface area (Å²) in [4.78, 5) is 26.4. The van der Waals surface area contributed by atoms with Crippen molar-refractivity contribution < 1.29 is 9.59 Å². The zero-order chi connectivity index (χ0) is 17.4. The second kappa shape index (κ2) is 6.20. The Labute approximate surface area is 149 Å². The summed E-state index contributed by atoms with van der Waals surface area (Å²) in [7, 11) is 0. The molecular formula is C20H14N2O2S. The Morgan fingerprint density at radius 3 is 2.40 bits per heavy atom. The van der Waals surface area contributed by atoms with Crippen LogP contribution in [0.2, 0.25) is 0 Å². The topological polar surface area (TPSA) is 72.2 Å². The number of hydrogen-bond acceptors (Lipinski definition) is 4. The van der Waals surface area contributed by atoms with Crippen LogP contribution in [-0.4, -0.2) is 11.7 Å². The van der Waals surface area contributed by atoms with E-state index in [9.17, 15) is 9.59 Å². The molecule has 4 nitrogen and oxygen atoms in total. The molecule has 1 aliphatic rings. The molecule has 3 aromatic rings. The second-order valence-electron chi connectivity index (χ2n) is 5.70. The monoisotopic (exact) mass is 346 g/mol. The normalized spacial score (nSPS) is 11.8.